The molecule has 242 valence electrons. The molecule has 44 heavy (non-hydrogen) atoms. The molecule has 2 atom stereocenters. The normalized spacial score (nSPS) is 20.2. The van der Waals surface area contributed by atoms with Crippen LogP contribution in [0.25, 0.3) is 0 Å². The number of ether oxygens (including phenoxy) is 1. The molecule has 0 aromatic carbocycles. The number of halogens is 1. The molecule has 2 aromatic rings. The summed E-state index contributed by atoms with van der Waals surface area (Å²) in [5.74, 6) is 0.125. The summed E-state index contributed by atoms with van der Waals surface area (Å²) < 4.78 is 33.8. The lowest BCUT2D eigenvalue weighted by Crippen LogP contribution is -2.33. The molecule has 0 saturated carbocycles. The number of sulfonamides is 1. The summed E-state index contributed by atoms with van der Waals surface area (Å²) in [4.78, 5) is 35.7. The first-order valence-electron chi connectivity index (χ1n) is 15.3. The quantitative estimate of drug-likeness (QED) is 0.207. The molecule has 0 radical (unpaired) electrons. The number of hydrogen-bond acceptors (Lipinski definition) is 9. The third-order valence-electron chi connectivity index (χ3n) is 7.89. The van der Waals surface area contributed by atoms with E-state index in [1.807, 2.05) is 4.72 Å². The maximum absolute atomic E-state index is 13.0. The highest BCUT2D eigenvalue weighted by molar-refractivity contribution is 7.90. The molecule has 4 rings (SSSR count). The van der Waals surface area contributed by atoms with Crippen molar-refractivity contribution in [1.29, 1.82) is 0 Å². The van der Waals surface area contributed by atoms with Crippen molar-refractivity contribution in [2.45, 2.75) is 89.8 Å². The van der Waals surface area contributed by atoms with E-state index in [0.717, 1.165) is 38.6 Å². The van der Waals surface area contributed by atoms with E-state index < -0.39 is 22.0 Å². The van der Waals surface area contributed by atoms with Gasteiger partial charge in [0.1, 0.15) is 22.9 Å². The highest BCUT2D eigenvalue weighted by Crippen LogP contribution is 2.28. The van der Waals surface area contributed by atoms with Gasteiger partial charge in [-0.05, 0) is 88.1 Å². The van der Waals surface area contributed by atoms with Crippen molar-refractivity contribution in [2.75, 3.05) is 36.5 Å². The number of rotatable bonds is 13. The van der Waals surface area contributed by atoms with Gasteiger partial charge in [0.15, 0.2) is 5.03 Å². The zero-order valence-corrected chi connectivity index (χ0v) is 27.9. The number of nitrogens with zero attached hydrogens (tertiary/aromatic N) is 3. The predicted octanol–water partition coefficient (Wildman–Crippen LogP) is 4.78. The van der Waals surface area contributed by atoms with E-state index in [2.05, 4.69) is 55.2 Å². The standard InChI is InChI=1S/C31H45ClN6O5S/c1-30(2,3)15-8-18-43-23-14-17-38(29(23)40)25-13-12-22(27(32)36-25)28(39)37-44(41,42)26-11-6-10-24(35-26)33-16-7-9-21-19-31(4,5)34-20-21/h6,10-13,21,23,34H,7-9,14-20H2,1-5H3,(H,33,35)(H,37,39)/t21-,23-/m0/s1. The first kappa shape index (κ1) is 34.1. The molecule has 13 heteroatoms. The second-order valence-electron chi connectivity index (χ2n) is 13.5. The maximum Gasteiger partial charge on any atom is 0.281 e. The molecule has 2 aliphatic rings. The number of pyridine rings is 2. The Morgan fingerprint density at radius 3 is 2.64 bits per heavy atom. The fourth-order valence-electron chi connectivity index (χ4n) is 5.60. The largest absolute Gasteiger partial charge is 0.370 e. The zero-order chi connectivity index (χ0) is 32.1. The van der Waals surface area contributed by atoms with Gasteiger partial charge < -0.3 is 15.4 Å². The number of hydrogen-bond donors (Lipinski definition) is 3. The minimum atomic E-state index is -4.29. The summed E-state index contributed by atoms with van der Waals surface area (Å²) in [5, 5.41) is 6.18. The van der Waals surface area contributed by atoms with E-state index in [9.17, 15) is 18.0 Å². The van der Waals surface area contributed by atoms with Crippen molar-refractivity contribution in [3.63, 3.8) is 0 Å². The fourth-order valence-corrected chi connectivity index (χ4v) is 6.77. The third-order valence-corrected chi connectivity index (χ3v) is 9.41. The van der Waals surface area contributed by atoms with E-state index in [1.165, 1.54) is 23.1 Å². The van der Waals surface area contributed by atoms with Gasteiger partial charge in [0, 0.05) is 31.7 Å². The number of nitrogens with one attached hydrogen (secondary N) is 3. The molecule has 2 saturated heterocycles. The molecule has 2 fully saturated rings. The van der Waals surface area contributed by atoms with E-state index in [-0.39, 0.29) is 38.4 Å². The first-order valence-corrected chi connectivity index (χ1v) is 17.1. The van der Waals surface area contributed by atoms with Crippen LogP contribution in [-0.2, 0) is 19.6 Å². The van der Waals surface area contributed by atoms with Crippen molar-refractivity contribution < 1.29 is 22.7 Å². The van der Waals surface area contributed by atoms with Gasteiger partial charge in [-0.15, -0.1) is 0 Å². The Labute approximate surface area is 265 Å². The van der Waals surface area contributed by atoms with Gasteiger partial charge in [0.2, 0.25) is 0 Å². The summed E-state index contributed by atoms with van der Waals surface area (Å²) in [6.45, 7) is 13.4. The van der Waals surface area contributed by atoms with Crippen LogP contribution < -0.4 is 20.3 Å². The molecular formula is C31H45ClN6O5S. The predicted molar refractivity (Wildman–Crippen MR) is 171 cm³/mol. The Bertz CT molecular complexity index is 1450. The average molecular weight is 649 g/mol. The number of aromatic nitrogens is 2. The lowest BCUT2D eigenvalue weighted by molar-refractivity contribution is -0.127. The smallest absolute Gasteiger partial charge is 0.281 e. The summed E-state index contributed by atoms with van der Waals surface area (Å²) in [6, 6.07) is 7.39. The number of anilines is 2. The molecule has 3 N–H and O–H groups in total. The second-order valence-corrected chi connectivity index (χ2v) is 15.5. The van der Waals surface area contributed by atoms with Crippen LogP contribution in [0.15, 0.2) is 35.4 Å². The van der Waals surface area contributed by atoms with Gasteiger partial charge in [-0.1, -0.05) is 38.4 Å². The topological polar surface area (TPSA) is 143 Å². The Balaban J connectivity index is 1.30. The Hall–Kier alpha value is -2.80. The summed E-state index contributed by atoms with van der Waals surface area (Å²) in [6.07, 6.45) is 4.92. The highest BCUT2D eigenvalue weighted by atomic mass is 35.5. The Morgan fingerprint density at radius 2 is 1.95 bits per heavy atom. The molecule has 2 aromatic heterocycles. The van der Waals surface area contributed by atoms with Gasteiger partial charge in [0.05, 0.1) is 5.56 Å². The van der Waals surface area contributed by atoms with E-state index >= 15 is 0 Å². The van der Waals surface area contributed by atoms with Gasteiger partial charge in [-0.2, -0.15) is 8.42 Å². The minimum absolute atomic E-state index is 0.139. The van der Waals surface area contributed by atoms with Crippen LogP contribution in [-0.4, -0.2) is 68.1 Å². The van der Waals surface area contributed by atoms with E-state index in [1.54, 1.807) is 12.1 Å². The van der Waals surface area contributed by atoms with Gasteiger partial charge in [-0.25, -0.2) is 14.7 Å². The van der Waals surface area contributed by atoms with Gasteiger partial charge >= 0.3 is 0 Å². The van der Waals surface area contributed by atoms with Crippen molar-refractivity contribution in [3.8, 4) is 0 Å². The molecule has 0 aliphatic carbocycles. The van der Waals surface area contributed by atoms with Gasteiger partial charge in [-0.3, -0.25) is 14.5 Å². The van der Waals surface area contributed by atoms with Crippen molar-refractivity contribution in [1.82, 2.24) is 20.0 Å². The van der Waals surface area contributed by atoms with Crippen LogP contribution in [0.3, 0.4) is 0 Å². The Morgan fingerprint density at radius 1 is 1.18 bits per heavy atom. The van der Waals surface area contributed by atoms with Crippen LogP contribution in [0, 0.1) is 11.3 Å². The molecule has 0 spiro atoms. The lowest BCUT2D eigenvalue weighted by atomic mass is 9.91. The Kier molecular flexibility index (Phi) is 10.9. The van der Waals surface area contributed by atoms with Crippen LogP contribution in [0.1, 0.15) is 83.5 Å². The minimum Gasteiger partial charge on any atom is -0.370 e. The number of amides is 2. The SMILES string of the molecule is CC(C)(C)CCCO[C@H]1CCN(c2ccc(C(=O)NS(=O)(=O)c3cccc(NCCC[C@@H]4CNC(C)(C)C4)n3)c(Cl)n2)C1=O. The number of carbonyl (C=O) groups is 2. The summed E-state index contributed by atoms with van der Waals surface area (Å²) in [5.41, 5.74) is 0.233. The molecule has 2 amide bonds. The van der Waals surface area contributed by atoms with Crippen molar-refractivity contribution >= 4 is 45.1 Å². The summed E-state index contributed by atoms with van der Waals surface area (Å²) >= 11 is 6.30. The molecule has 11 nitrogen and oxygen atoms in total. The van der Waals surface area contributed by atoms with E-state index in [4.69, 9.17) is 16.3 Å². The zero-order valence-electron chi connectivity index (χ0n) is 26.3. The monoisotopic (exact) mass is 648 g/mol. The second kappa shape index (κ2) is 14.1. The molecule has 0 unspecified atom stereocenters. The molecule has 2 aliphatic heterocycles. The maximum atomic E-state index is 13.0. The number of carbonyl (C=O) groups excluding carboxylic acids is 2. The average Bonchev–Trinajstić information content (AvgIpc) is 3.48. The van der Waals surface area contributed by atoms with Gasteiger partial charge in [0.25, 0.3) is 21.8 Å². The molecular weight excluding hydrogens is 604 g/mol. The fraction of sp³-hybridized carbons (Fsp3) is 0.613. The van der Waals surface area contributed by atoms with Crippen LogP contribution in [0.5, 0.6) is 0 Å². The van der Waals surface area contributed by atoms with Crippen LogP contribution >= 0.6 is 11.6 Å². The molecule has 4 heterocycles. The van der Waals surface area contributed by atoms with Crippen LogP contribution in [0.4, 0.5) is 11.6 Å². The summed E-state index contributed by atoms with van der Waals surface area (Å²) in [7, 11) is -4.29. The lowest BCUT2D eigenvalue weighted by Gasteiger charge is -2.19. The van der Waals surface area contributed by atoms with E-state index in [0.29, 0.717) is 37.9 Å². The van der Waals surface area contributed by atoms with Crippen molar-refractivity contribution in [2.24, 2.45) is 11.3 Å². The molecule has 0 bridgehead atoms. The van der Waals surface area contributed by atoms with Crippen LogP contribution in [0.2, 0.25) is 5.15 Å². The third kappa shape index (κ3) is 9.35. The van der Waals surface area contributed by atoms with Crippen molar-refractivity contribution in [3.05, 3.63) is 41.0 Å². The first-order chi connectivity index (χ1) is 20.6. The highest BCUT2D eigenvalue weighted by Gasteiger charge is 2.35.